The molecule has 1 amide bonds. The largest absolute Gasteiger partial charge is 0.417 e. The van der Waals surface area contributed by atoms with Crippen molar-refractivity contribution < 1.29 is 23.1 Å². The zero-order chi connectivity index (χ0) is 15.2. The van der Waals surface area contributed by atoms with E-state index in [9.17, 15) is 18.0 Å². The van der Waals surface area contributed by atoms with E-state index in [1.54, 1.807) is 6.07 Å². The quantitative estimate of drug-likeness (QED) is 0.863. The van der Waals surface area contributed by atoms with Gasteiger partial charge in [-0.25, -0.2) is 0 Å². The van der Waals surface area contributed by atoms with Gasteiger partial charge in [0.1, 0.15) is 0 Å². The molecule has 3 rings (SSSR count). The smallest absolute Gasteiger partial charge is 0.395 e. The SMILES string of the molecule is O=C1c2c(cccc2C(F)(F)F)[C@H]2CNC[C@@H]2N1CCO. The highest BCUT2D eigenvalue weighted by Gasteiger charge is 2.46. The highest BCUT2D eigenvalue weighted by molar-refractivity contribution is 5.99. The zero-order valence-electron chi connectivity index (χ0n) is 11.2. The summed E-state index contributed by atoms with van der Waals surface area (Å²) in [6.45, 7) is 0.853. The second-order valence-corrected chi connectivity index (χ2v) is 5.32. The maximum atomic E-state index is 13.2. The molecular formula is C14H15F3N2O2. The minimum Gasteiger partial charge on any atom is -0.395 e. The number of rotatable bonds is 2. The van der Waals surface area contributed by atoms with E-state index < -0.39 is 17.6 Å². The number of carbonyl (C=O) groups is 1. The highest BCUT2D eigenvalue weighted by atomic mass is 19.4. The maximum Gasteiger partial charge on any atom is 0.417 e. The van der Waals surface area contributed by atoms with Crippen LogP contribution in [0, 0.1) is 0 Å². The van der Waals surface area contributed by atoms with E-state index in [4.69, 9.17) is 5.11 Å². The first kappa shape index (κ1) is 14.3. The van der Waals surface area contributed by atoms with Crippen molar-refractivity contribution in [3.8, 4) is 0 Å². The standard InChI is InChI=1S/C14H15F3N2O2/c15-14(16,17)10-3-1-2-8-9-6-18-7-11(9)19(4-5-20)13(21)12(8)10/h1-3,9,11,18,20H,4-7H2/t9-,11+/m1/s1. The molecule has 0 radical (unpaired) electrons. The summed E-state index contributed by atoms with van der Waals surface area (Å²) >= 11 is 0. The molecule has 114 valence electrons. The van der Waals surface area contributed by atoms with Crippen LogP contribution in [0.1, 0.15) is 27.4 Å². The van der Waals surface area contributed by atoms with Crippen LogP contribution in [0.4, 0.5) is 13.2 Å². The van der Waals surface area contributed by atoms with Crippen LogP contribution >= 0.6 is 0 Å². The molecule has 0 unspecified atom stereocenters. The van der Waals surface area contributed by atoms with Gasteiger partial charge in [0.2, 0.25) is 0 Å². The summed E-state index contributed by atoms with van der Waals surface area (Å²) in [4.78, 5) is 13.9. The first-order valence-electron chi connectivity index (χ1n) is 6.77. The van der Waals surface area contributed by atoms with Gasteiger partial charge in [0.15, 0.2) is 0 Å². The van der Waals surface area contributed by atoms with Crippen molar-refractivity contribution in [1.29, 1.82) is 0 Å². The third-order valence-corrected chi connectivity index (χ3v) is 4.20. The number of nitrogens with one attached hydrogen (secondary N) is 1. The average molecular weight is 300 g/mol. The van der Waals surface area contributed by atoms with Gasteiger partial charge in [-0.15, -0.1) is 0 Å². The van der Waals surface area contributed by atoms with Crippen LogP contribution in [-0.4, -0.2) is 48.2 Å². The molecule has 21 heavy (non-hydrogen) atoms. The summed E-state index contributed by atoms with van der Waals surface area (Å²) in [5.74, 6) is -0.802. The molecule has 0 bridgehead atoms. The average Bonchev–Trinajstić information content (AvgIpc) is 2.91. The third-order valence-electron chi connectivity index (χ3n) is 4.20. The van der Waals surface area contributed by atoms with Gasteiger partial charge in [-0.05, 0) is 11.6 Å². The van der Waals surface area contributed by atoms with Gasteiger partial charge >= 0.3 is 6.18 Å². The van der Waals surface area contributed by atoms with Crippen molar-refractivity contribution in [2.75, 3.05) is 26.2 Å². The van der Waals surface area contributed by atoms with Gasteiger partial charge in [-0.3, -0.25) is 4.79 Å². The Morgan fingerprint density at radius 2 is 2.10 bits per heavy atom. The summed E-state index contributed by atoms with van der Waals surface area (Å²) in [7, 11) is 0. The monoisotopic (exact) mass is 300 g/mol. The Balaban J connectivity index is 2.16. The van der Waals surface area contributed by atoms with E-state index in [1.165, 1.54) is 11.0 Å². The lowest BCUT2D eigenvalue weighted by molar-refractivity contribution is -0.138. The summed E-state index contributed by atoms with van der Waals surface area (Å²) in [5, 5.41) is 12.2. The molecule has 1 aromatic carbocycles. The van der Waals surface area contributed by atoms with Crippen LogP contribution in [0.25, 0.3) is 0 Å². The molecule has 2 N–H and O–H groups in total. The molecule has 0 aromatic heterocycles. The van der Waals surface area contributed by atoms with E-state index >= 15 is 0 Å². The van der Waals surface area contributed by atoms with Crippen molar-refractivity contribution in [3.63, 3.8) is 0 Å². The fourth-order valence-corrected chi connectivity index (χ4v) is 3.33. The summed E-state index contributed by atoms with van der Waals surface area (Å²) in [5.41, 5.74) is -0.694. The normalized spacial score (nSPS) is 25.0. The van der Waals surface area contributed by atoms with Crippen molar-refractivity contribution >= 4 is 5.91 Å². The number of fused-ring (bicyclic) bond motifs is 3. The molecule has 0 spiro atoms. The highest BCUT2D eigenvalue weighted by Crippen LogP contribution is 2.41. The molecule has 2 heterocycles. The number of carbonyl (C=O) groups excluding carboxylic acids is 1. The Kier molecular flexibility index (Phi) is 3.41. The molecule has 7 heteroatoms. The zero-order valence-corrected chi connectivity index (χ0v) is 11.2. The van der Waals surface area contributed by atoms with Gasteiger partial charge in [-0.2, -0.15) is 13.2 Å². The van der Waals surface area contributed by atoms with E-state index in [1.807, 2.05) is 0 Å². The Hall–Kier alpha value is -1.60. The number of benzene rings is 1. The van der Waals surface area contributed by atoms with E-state index in [0.29, 0.717) is 18.7 Å². The van der Waals surface area contributed by atoms with Gasteiger partial charge in [-0.1, -0.05) is 12.1 Å². The fourth-order valence-electron chi connectivity index (χ4n) is 3.33. The van der Waals surface area contributed by atoms with E-state index in [-0.39, 0.29) is 30.7 Å². The lowest BCUT2D eigenvalue weighted by Gasteiger charge is -2.38. The van der Waals surface area contributed by atoms with Crippen LogP contribution in [0.5, 0.6) is 0 Å². The number of hydrogen-bond acceptors (Lipinski definition) is 3. The predicted molar refractivity (Wildman–Crippen MR) is 69.0 cm³/mol. The summed E-state index contributed by atoms with van der Waals surface area (Å²) in [6.07, 6.45) is -4.56. The van der Waals surface area contributed by atoms with Gasteiger partial charge in [0.05, 0.1) is 23.8 Å². The Morgan fingerprint density at radius 3 is 2.76 bits per heavy atom. The third kappa shape index (κ3) is 2.20. The van der Waals surface area contributed by atoms with Crippen LogP contribution < -0.4 is 5.32 Å². The van der Waals surface area contributed by atoms with Crippen molar-refractivity contribution in [2.45, 2.75) is 18.1 Å². The second-order valence-electron chi connectivity index (χ2n) is 5.32. The minimum atomic E-state index is -4.56. The molecule has 2 aliphatic rings. The van der Waals surface area contributed by atoms with Crippen molar-refractivity contribution in [3.05, 3.63) is 34.9 Å². The van der Waals surface area contributed by atoms with Crippen LogP contribution in [0.3, 0.4) is 0 Å². The topological polar surface area (TPSA) is 52.6 Å². The first-order valence-corrected chi connectivity index (χ1v) is 6.77. The fraction of sp³-hybridized carbons (Fsp3) is 0.500. The van der Waals surface area contributed by atoms with Crippen molar-refractivity contribution in [2.24, 2.45) is 0 Å². The number of aliphatic hydroxyl groups excluding tert-OH is 1. The Labute approximate surface area is 119 Å². The first-order chi connectivity index (χ1) is 9.95. The van der Waals surface area contributed by atoms with Crippen molar-refractivity contribution in [1.82, 2.24) is 10.2 Å². The Morgan fingerprint density at radius 1 is 1.33 bits per heavy atom. The number of halogens is 3. The number of β-amino-alcohol motifs (C(OH)–C–C–N with tert-alkyl or cyclic N) is 1. The van der Waals surface area contributed by atoms with E-state index in [0.717, 1.165) is 6.07 Å². The molecule has 1 aromatic rings. The molecule has 4 nitrogen and oxygen atoms in total. The molecule has 0 aliphatic carbocycles. The predicted octanol–water partition coefficient (Wildman–Crippen LogP) is 1.21. The lowest BCUT2D eigenvalue weighted by Crippen LogP contribution is -2.50. The number of alkyl halides is 3. The second kappa shape index (κ2) is 4.99. The summed E-state index contributed by atoms with van der Waals surface area (Å²) in [6, 6.07) is 3.70. The number of hydrogen-bond donors (Lipinski definition) is 2. The lowest BCUT2D eigenvalue weighted by atomic mass is 9.82. The van der Waals surface area contributed by atoms with Crippen LogP contribution in [0.2, 0.25) is 0 Å². The van der Waals surface area contributed by atoms with E-state index in [2.05, 4.69) is 5.32 Å². The number of aliphatic hydroxyl groups is 1. The van der Waals surface area contributed by atoms with Crippen LogP contribution in [0.15, 0.2) is 18.2 Å². The molecule has 2 aliphatic heterocycles. The van der Waals surface area contributed by atoms with Gasteiger partial charge < -0.3 is 15.3 Å². The maximum absolute atomic E-state index is 13.2. The molecule has 2 atom stereocenters. The summed E-state index contributed by atoms with van der Waals surface area (Å²) < 4.78 is 39.5. The number of amides is 1. The van der Waals surface area contributed by atoms with Gasteiger partial charge in [0, 0.05) is 25.6 Å². The molecule has 1 saturated heterocycles. The minimum absolute atomic E-state index is 0.0489. The van der Waals surface area contributed by atoms with Gasteiger partial charge in [0.25, 0.3) is 5.91 Å². The Bertz CT molecular complexity index is 574. The molecular weight excluding hydrogens is 285 g/mol. The molecule has 0 saturated carbocycles. The van der Waals surface area contributed by atoms with Crippen LogP contribution in [-0.2, 0) is 6.18 Å². The number of nitrogens with zero attached hydrogens (tertiary/aromatic N) is 1. The molecule has 1 fully saturated rings.